The van der Waals surface area contributed by atoms with E-state index in [1.54, 1.807) is 14.2 Å². The van der Waals surface area contributed by atoms with Gasteiger partial charge in [0.15, 0.2) is 28.5 Å². The highest BCUT2D eigenvalue weighted by atomic mass is 16.5. The smallest absolute Gasteiger partial charge is 0.184 e. The van der Waals surface area contributed by atoms with E-state index >= 15 is 0 Å². The van der Waals surface area contributed by atoms with E-state index in [-0.39, 0.29) is 0 Å². The van der Waals surface area contributed by atoms with Crippen molar-refractivity contribution in [2.75, 3.05) is 26.1 Å². The third kappa shape index (κ3) is 5.39. The lowest BCUT2D eigenvalue weighted by Gasteiger charge is -2.11. The van der Waals surface area contributed by atoms with Crippen molar-refractivity contribution in [2.24, 2.45) is 5.92 Å². The number of methoxy groups -OCH3 is 2. The van der Waals surface area contributed by atoms with E-state index < -0.39 is 0 Å². The summed E-state index contributed by atoms with van der Waals surface area (Å²) < 4.78 is 12.6. The molecule has 2 heterocycles. The number of rotatable bonds is 10. The number of fused-ring (bicyclic) bond motifs is 1. The second-order valence-corrected chi connectivity index (χ2v) is 8.36. The lowest BCUT2D eigenvalue weighted by molar-refractivity contribution is 0.354. The fourth-order valence-corrected chi connectivity index (χ4v) is 3.71. The first-order valence-electron chi connectivity index (χ1n) is 11.2. The molecule has 1 N–H and O–H groups in total. The third-order valence-electron chi connectivity index (χ3n) is 5.33. The first-order chi connectivity index (χ1) is 16.1. The maximum Gasteiger partial charge on any atom is 0.184 e. The number of aromatic nitrogens is 5. The summed E-state index contributed by atoms with van der Waals surface area (Å²) in [5.74, 6) is 3.40. The normalized spacial score (nSPS) is 11.2. The van der Waals surface area contributed by atoms with Crippen LogP contribution >= 0.6 is 0 Å². The second kappa shape index (κ2) is 10.3. The fraction of sp³-hybridized carbons (Fsp3) is 0.360. The average Bonchev–Trinajstić information content (AvgIpc) is 3.21. The Morgan fingerprint density at radius 1 is 0.939 bits per heavy atom. The van der Waals surface area contributed by atoms with E-state index in [1.165, 1.54) is 0 Å². The topological polar surface area (TPSA) is 87.0 Å². The molecule has 4 rings (SSSR count). The molecule has 0 bridgehead atoms. The third-order valence-corrected chi connectivity index (χ3v) is 5.33. The van der Waals surface area contributed by atoms with Gasteiger partial charge in [0.1, 0.15) is 5.82 Å². The van der Waals surface area contributed by atoms with Gasteiger partial charge < -0.3 is 14.8 Å². The Hall–Kier alpha value is -3.68. The number of ether oxygens (including phenoxy) is 2. The SMILES string of the molecule is COc1ccc(CCNc2nc(CC(C)C)nc3c2nnn3Cc2ccccc2)cc1OC. The van der Waals surface area contributed by atoms with Crippen LogP contribution in [-0.4, -0.2) is 45.7 Å². The van der Waals surface area contributed by atoms with E-state index in [0.29, 0.717) is 24.5 Å². The van der Waals surface area contributed by atoms with Gasteiger partial charge in [-0.3, -0.25) is 0 Å². The van der Waals surface area contributed by atoms with Gasteiger partial charge >= 0.3 is 0 Å². The van der Waals surface area contributed by atoms with Crippen molar-refractivity contribution in [2.45, 2.75) is 33.2 Å². The zero-order valence-corrected chi connectivity index (χ0v) is 19.6. The zero-order chi connectivity index (χ0) is 23.2. The van der Waals surface area contributed by atoms with Gasteiger partial charge in [0.2, 0.25) is 0 Å². The van der Waals surface area contributed by atoms with Gasteiger partial charge in [0.05, 0.1) is 20.8 Å². The fourth-order valence-electron chi connectivity index (χ4n) is 3.71. The molecule has 8 heteroatoms. The summed E-state index contributed by atoms with van der Waals surface area (Å²) in [7, 11) is 3.28. The molecule has 0 radical (unpaired) electrons. The van der Waals surface area contributed by atoms with Gasteiger partial charge in [-0.2, -0.15) is 0 Å². The van der Waals surface area contributed by atoms with Crippen LogP contribution in [0, 0.1) is 5.92 Å². The molecule has 0 saturated carbocycles. The minimum atomic E-state index is 0.445. The Balaban J connectivity index is 1.57. The van der Waals surface area contributed by atoms with Gasteiger partial charge in [-0.05, 0) is 35.6 Å². The summed E-state index contributed by atoms with van der Waals surface area (Å²) in [5.41, 5.74) is 3.72. The maximum atomic E-state index is 5.42. The van der Waals surface area contributed by atoms with Crippen LogP contribution in [0.15, 0.2) is 48.5 Å². The summed E-state index contributed by atoms with van der Waals surface area (Å²) in [6.45, 7) is 5.63. The monoisotopic (exact) mass is 446 g/mol. The van der Waals surface area contributed by atoms with Gasteiger partial charge in [-0.15, -0.1) is 5.10 Å². The Bertz CT molecular complexity index is 1210. The largest absolute Gasteiger partial charge is 0.493 e. The van der Waals surface area contributed by atoms with E-state index in [9.17, 15) is 0 Å². The number of nitrogens with one attached hydrogen (secondary N) is 1. The van der Waals surface area contributed by atoms with Crippen molar-refractivity contribution in [1.29, 1.82) is 0 Å². The Labute approximate surface area is 194 Å². The Morgan fingerprint density at radius 3 is 2.45 bits per heavy atom. The van der Waals surface area contributed by atoms with Crippen LogP contribution in [0.5, 0.6) is 11.5 Å². The van der Waals surface area contributed by atoms with Gasteiger partial charge in [-0.1, -0.05) is 55.5 Å². The predicted molar refractivity (Wildman–Crippen MR) is 129 cm³/mol. The molecule has 8 nitrogen and oxygen atoms in total. The minimum Gasteiger partial charge on any atom is -0.493 e. The van der Waals surface area contributed by atoms with Crippen LogP contribution in [-0.2, 0) is 19.4 Å². The molecule has 0 aliphatic heterocycles. The molecule has 0 unspecified atom stereocenters. The molecule has 0 spiro atoms. The van der Waals surface area contributed by atoms with E-state index in [4.69, 9.17) is 19.4 Å². The molecule has 172 valence electrons. The van der Waals surface area contributed by atoms with E-state index in [1.807, 2.05) is 41.1 Å². The van der Waals surface area contributed by atoms with Crippen molar-refractivity contribution in [1.82, 2.24) is 25.0 Å². The van der Waals surface area contributed by atoms with E-state index in [0.717, 1.165) is 52.8 Å². The predicted octanol–water partition coefficient (Wildman–Crippen LogP) is 4.14. The molecular formula is C25H30N6O2. The molecule has 33 heavy (non-hydrogen) atoms. The standard InChI is InChI=1S/C25H30N6O2/c1-17(2)14-22-27-24(26-13-12-18-10-11-20(32-3)21(15-18)33-4)23-25(28-22)31(30-29-23)16-19-8-6-5-7-9-19/h5-11,15,17H,12-14,16H2,1-4H3,(H,26,27,28). The van der Waals surface area contributed by atoms with Crippen LogP contribution in [0.3, 0.4) is 0 Å². The first-order valence-corrected chi connectivity index (χ1v) is 11.2. The van der Waals surface area contributed by atoms with Crippen LogP contribution in [0.4, 0.5) is 5.82 Å². The highest BCUT2D eigenvalue weighted by molar-refractivity contribution is 5.82. The summed E-state index contributed by atoms with van der Waals surface area (Å²) in [6, 6.07) is 16.2. The number of anilines is 1. The van der Waals surface area contributed by atoms with Crippen LogP contribution < -0.4 is 14.8 Å². The van der Waals surface area contributed by atoms with E-state index in [2.05, 4.69) is 41.6 Å². The van der Waals surface area contributed by atoms with Crippen molar-refractivity contribution in [3.05, 3.63) is 65.5 Å². The van der Waals surface area contributed by atoms with Crippen LogP contribution in [0.25, 0.3) is 11.2 Å². The van der Waals surface area contributed by atoms with Crippen molar-refractivity contribution >= 4 is 17.0 Å². The highest BCUT2D eigenvalue weighted by Crippen LogP contribution is 2.28. The number of hydrogen-bond donors (Lipinski definition) is 1. The van der Waals surface area contributed by atoms with Gasteiger partial charge in [-0.25, -0.2) is 14.6 Å². The molecule has 0 fully saturated rings. The quantitative estimate of drug-likeness (QED) is 0.392. The highest BCUT2D eigenvalue weighted by Gasteiger charge is 2.16. The maximum absolute atomic E-state index is 5.42. The molecule has 0 aliphatic rings. The molecule has 0 atom stereocenters. The summed E-state index contributed by atoms with van der Waals surface area (Å²) in [6.07, 6.45) is 1.58. The molecule has 0 aliphatic carbocycles. The zero-order valence-electron chi connectivity index (χ0n) is 19.6. The molecule has 4 aromatic rings. The van der Waals surface area contributed by atoms with Gasteiger partial charge in [0.25, 0.3) is 0 Å². The molecule has 2 aromatic carbocycles. The summed E-state index contributed by atoms with van der Waals surface area (Å²) in [4.78, 5) is 9.57. The van der Waals surface area contributed by atoms with Crippen molar-refractivity contribution < 1.29 is 9.47 Å². The lowest BCUT2D eigenvalue weighted by atomic mass is 10.1. The van der Waals surface area contributed by atoms with Gasteiger partial charge in [0, 0.05) is 13.0 Å². The Morgan fingerprint density at radius 2 is 1.73 bits per heavy atom. The van der Waals surface area contributed by atoms with Crippen LogP contribution in [0.2, 0.25) is 0 Å². The summed E-state index contributed by atoms with van der Waals surface area (Å²) >= 11 is 0. The first kappa shape index (κ1) is 22.5. The molecular weight excluding hydrogens is 416 g/mol. The second-order valence-electron chi connectivity index (χ2n) is 8.36. The Kier molecular flexibility index (Phi) is 7.02. The molecule has 0 amide bonds. The summed E-state index contributed by atoms with van der Waals surface area (Å²) in [5, 5.41) is 12.2. The average molecular weight is 447 g/mol. The molecule has 2 aromatic heterocycles. The molecule has 0 saturated heterocycles. The number of hydrogen-bond acceptors (Lipinski definition) is 7. The van der Waals surface area contributed by atoms with Crippen molar-refractivity contribution in [3.63, 3.8) is 0 Å². The lowest BCUT2D eigenvalue weighted by Crippen LogP contribution is -2.11. The number of nitrogens with zero attached hydrogens (tertiary/aromatic N) is 5. The minimum absolute atomic E-state index is 0.445. The van der Waals surface area contributed by atoms with Crippen LogP contribution in [0.1, 0.15) is 30.8 Å². The van der Waals surface area contributed by atoms with Crippen molar-refractivity contribution in [3.8, 4) is 11.5 Å². The number of benzene rings is 2.